The predicted molar refractivity (Wildman–Crippen MR) is 57.1 cm³/mol. The van der Waals surface area contributed by atoms with Crippen LogP contribution in [0.3, 0.4) is 0 Å². The number of hydrogen-bond acceptors (Lipinski definition) is 1. The Hall–Kier alpha value is -1.51. The van der Waals surface area contributed by atoms with Gasteiger partial charge in [0.05, 0.1) is 0 Å². The summed E-state index contributed by atoms with van der Waals surface area (Å²) in [6.07, 6.45) is 0. The van der Waals surface area contributed by atoms with Gasteiger partial charge in [-0.05, 0) is 19.4 Å². The van der Waals surface area contributed by atoms with Gasteiger partial charge in [0.15, 0.2) is 0 Å². The van der Waals surface area contributed by atoms with Crippen LogP contribution in [-0.2, 0) is 6.54 Å². The molecule has 76 valence electrons. The first-order valence-electron chi connectivity index (χ1n) is 4.79. The molecule has 2 N–H and O–H groups in total. The van der Waals surface area contributed by atoms with Crippen LogP contribution in [0.4, 0.5) is 4.79 Å². The molecule has 1 aromatic carbocycles. The molecule has 0 aliphatic carbocycles. The van der Waals surface area contributed by atoms with Crippen LogP contribution in [0.2, 0.25) is 0 Å². The third kappa shape index (κ3) is 3.47. The molecule has 0 aromatic heterocycles. The van der Waals surface area contributed by atoms with E-state index in [1.54, 1.807) is 0 Å². The van der Waals surface area contributed by atoms with Crippen LogP contribution in [0, 0.1) is 6.92 Å². The number of urea groups is 1. The van der Waals surface area contributed by atoms with E-state index in [0.29, 0.717) is 13.1 Å². The van der Waals surface area contributed by atoms with Gasteiger partial charge in [-0.2, -0.15) is 0 Å². The van der Waals surface area contributed by atoms with E-state index in [2.05, 4.69) is 10.6 Å². The Morgan fingerprint density at radius 1 is 1.21 bits per heavy atom. The Morgan fingerprint density at radius 3 is 2.43 bits per heavy atom. The van der Waals surface area contributed by atoms with Crippen molar-refractivity contribution >= 4 is 6.03 Å². The zero-order valence-electron chi connectivity index (χ0n) is 8.63. The summed E-state index contributed by atoms with van der Waals surface area (Å²) in [4.78, 5) is 11.1. The number of rotatable bonds is 3. The van der Waals surface area contributed by atoms with Gasteiger partial charge in [0.25, 0.3) is 0 Å². The first-order valence-corrected chi connectivity index (χ1v) is 4.79. The molecule has 3 heteroatoms. The van der Waals surface area contributed by atoms with Crippen molar-refractivity contribution in [2.45, 2.75) is 20.4 Å². The minimum atomic E-state index is -0.118. The second kappa shape index (κ2) is 5.27. The number of carbonyl (C=O) groups is 1. The fourth-order valence-corrected chi connectivity index (χ4v) is 1.11. The van der Waals surface area contributed by atoms with Gasteiger partial charge in [-0.15, -0.1) is 0 Å². The van der Waals surface area contributed by atoms with Gasteiger partial charge in [0.2, 0.25) is 0 Å². The zero-order valence-corrected chi connectivity index (χ0v) is 8.63. The number of aryl methyl sites for hydroxylation is 1. The molecule has 3 nitrogen and oxygen atoms in total. The van der Waals surface area contributed by atoms with Crippen LogP contribution >= 0.6 is 0 Å². The lowest BCUT2D eigenvalue weighted by Gasteiger charge is -2.05. The number of carbonyl (C=O) groups excluding carboxylic acids is 1. The van der Waals surface area contributed by atoms with Gasteiger partial charge in [0.1, 0.15) is 0 Å². The summed E-state index contributed by atoms with van der Waals surface area (Å²) >= 11 is 0. The van der Waals surface area contributed by atoms with E-state index in [0.717, 1.165) is 5.56 Å². The standard InChI is InChI=1S/C11H16N2O/c1-3-12-11(14)13-8-10-6-4-9(2)5-7-10/h4-7H,3,8H2,1-2H3,(H2,12,13,14). The van der Waals surface area contributed by atoms with E-state index in [1.807, 2.05) is 38.1 Å². The van der Waals surface area contributed by atoms with E-state index in [4.69, 9.17) is 0 Å². The first kappa shape index (κ1) is 10.6. The number of benzene rings is 1. The smallest absolute Gasteiger partial charge is 0.315 e. The molecule has 14 heavy (non-hydrogen) atoms. The maximum Gasteiger partial charge on any atom is 0.315 e. The van der Waals surface area contributed by atoms with Gasteiger partial charge in [-0.25, -0.2) is 4.79 Å². The van der Waals surface area contributed by atoms with Crippen molar-refractivity contribution in [1.29, 1.82) is 0 Å². The molecule has 0 saturated heterocycles. The third-order valence-electron chi connectivity index (χ3n) is 1.91. The minimum Gasteiger partial charge on any atom is -0.338 e. The van der Waals surface area contributed by atoms with Crippen molar-refractivity contribution in [1.82, 2.24) is 10.6 Å². The molecule has 0 radical (unpaired) electrons. The number of hydrogen-bond donors (Lipinski definition) is 2. The highest BCUT2D eigenvalue weighted by atomic mass is 16.2. The summed E-state index contributed by atoms with van der Waals surface area (Å²) in [6.45, 7) is 5.16. The Balaban J connectivity index is 2.38. The van der Waals surface area contributed by atoms with Crippen molar-refractivity contribution in [3.63, 3.8) is 0 Å². The molecule has 0 atom stereocenters. The molecule has 0 bridgehead atoms. The van der Waals surface area contributed by atoms with Gasteiger partial charge in [-0.3, -0.25) is 0 Å². The molecule has 0 heterocycles. The summed E-state index contributed by atoms with van der Waals surface area (Å²) in [5.74, 6) is 0. The second-order valence-corrected chi connectivity index (χ2v) is 3.20. The molecule has 0 unspecified atom stereocenters. The largest absolute Gasteiger partial charge is 0.338 e. The Kier molecular flexibility index (Phi) is 3.98. The molecular weight excluding hydrogens is 176 g/mol. The molecule has 0 spiro atoms. The predicted octanol–water partition coefficient (Wildman–Crippen LogP) is 1.81. The van der Waals surface area contributed by atoms with E-state index in [-0.39, 0.29) is 6.03 Å². The van der Waals surface area contributed by atoms with Crippen LogP contribution < -0.4 is 10.6 Å². The van der Waals surface area contributed by atoms with Crippen LogP contribution in [-0.4, -0.2) is 12.6 Å². The fraction of sp³-hybridized carbons (Fsp3) is 0.364. The van der Waals surface area contributed by atoms with Crippen LogP contribution in [0.25, 0.3) is 0 Å². The summed E-state index contributed by atoms with van der Waals surface area (Å²) in [6, 6.07) is 7.99. The van der Waals surface area contributed by atoms with Gasteiger partial charge >= 0.3 is 6.03 Å². The van der Waals surface area contributed by atoms with Crippen LogP contribution in [0.5, 0.6) is 0 Å². The molecule has 0 aliphatic rings. The van der Waals surface area contributed by atoms with Gasteiger partial charge in [-0.1, -0.05) is 29.8 Å². The highest BCUT2D eigenvalue weighted by molar-refractivity contribution is 5.73. The Morgan fingerprint density at radius 2 is 1.86 bits per heavy atom. The van der Waals surface area contributed by atoms with Crippen molar-refractivity contribution in [2.24, 2.45) is 0 Å². The van der Waals surface area contributed by atoms with E-state index in [9.17, 15) is 4.79 Å². The lowest BCUT2D eigenvalue weighted by molar-refractivity contribution is 0.241. The topological polar surface area (TPSA) is 41.1 Å². The maximum absolute atomic E-state index is 11.1. The normalized spacial score (nSPS) is 9.57. The lowest BCUT2D eigenvalue weighted by Crippen LogP contribution is -2.34. The highest BCUT2D eigenvalue weighted by Crippen LogP contribution is 2.01. The molecule has 0 fully saturated rings. The minimum absolute atomic E-state index is 0.118. The second-order valence-electron chi connectivity index (χ2n) is 3.20. The van der Waals surface area contributed by atoms with Crippen molar-refractivity contribution in [2.75, 3.05) is 6.54 Å². The SMILES string of the molecule is CCNC(=O)NCc1ccc(C)cc1. The van der Waals surface area contributed by atoms with E-state index < -0.39 is 0 Å². The van der Waals surface area contributed by atoms with Crippen LogP contribution in [0.1, 0.15) is 18.1 Å². The molecule has 2 amide bonds. The summed E-state index contributed by atoms with van der Waals surface area (Å²) in [5.41, 5.74) is 2.34. The molecule has 1 rings (SSSR count). The van der Waals surface area contributed by atoms with Crippen molar-refractivity contribution < 1.29 is 4.79 Å². The molecule has 1 aromatic rings. The fourth-order valence-electron chi connectivity index (χ4n) is 1.11. The molecular formula is C11H16N2O. The average molecular weight is 192 g/mol. The molecule has 0 saturated carbocycles. The summed E-state index contributed by atoms with van der Waals surface area (Å²) < 4.78 is 0. The quantitative estimate of drug-likeness (QED) is 0.753. The van der Waals surface area contributed by atoms with Crippen LogP contribution in [0.15, 0.2) is 24.3 Å². The third-order valence-corrected chi connectivity index (χ3v) is 1.91. The average Bonchev–Trinajstić information content (AvgIpc) is 2.17. The summed E-state index contributed by atoms with van der Waals surface area (Å²) in [5, 5.41) is 5.45. The van der Waals surface area contributed by atoms with E-state index >= 15 is 0 Å². The van der Waals surface area contributed by atoms with Gasteiger partial charge < -0.3 is 10.6 Å². The Bertz CT molecular complexity index is 293. The van der Waals surface area contributed by atoms with Crippen molar-refractivity contribution in [3.05, 3.63) is 35.4 Å². The molecule has 0 aliphatic heterocycles. The van der Waals surface area contributed by atoms with Crippen molar-refractivity contribution in [3.8, 4) is 0 Å². The highest BCUT2D eigenvalue weighted by Gasteiger charge is 1.97. The zero-order chi connectivity index (χ0) is 10.4. The van der Waals surface area contributed by atoms with E-state index in [1.165, 1.54) is 5.56 Å². The summed E-state index contributed by atoms with van der Waals surface area (Å²) in [7, 11) is 0. The van der Waals surface area contributed by atoms with Gasteiger partial charge in [0, 0.05) is 13.1 Å². The Labute approximate surface area is 84.5 Å². The number of amides is 2. The lowest BCUT2D eigenvalue weighted by atomic mass is 10.1. The number of nitrogens with one attached hydrogen (secondary N) is 2. The monoisotopic (exact) mass is 192 g/mol. The first-order chi connectivity index (χ1) is 6.72. The maximum atomic E-state index is 11.1.